The number of halogens is 1. The summed E-state index contributed by atoms with van der Waals surface area (Å²) in [4.78, 5) is 10.6. The molecule has 0 saturated heterocycles. The van der Waals surface area contributed by atoms with Crippen LogP contribution in [-0.2, 0) is 11.3 Å². The summed E-state index contributed by atoms with van der Waals surface area (Å²) in [6.07, 6.45) is 0.492. The van der Waals surface area contributed by atoms with E-state index in [2.05, 4.69) is 17.2 Å². The van der Waals surface area contributed by atoms with Gasteiger partial charge in [-0.1, -0.05) is 17.9 Å². The van der Waals surface area contributed by atoms with Crippen molar-refractivity contribution < 1.29 is 9.18 Å². The van der Waals surface area contributed by atoms with Gasteiger partial charge in [0.25, 0.3) is 0 Å². The highest BCUT2D eigenvalue weighted by Gasteiger charge is 1.99. The lowest BCUT2D eigenvalue weighted by Gasteiger charge is -1.99. The van der Waals surface area contributed by atoms with Gasteiger partial charge in [-0.15, -0.1) is 0 Å². The molecular formula is C13H15FN2O. The van der Waals surface area contributed by atoms with Crippen LogP contribution in [0, 0.1) is 17.7 Å². The second-order valence-corrected chi connectivity index (χ2v) is 3.55. The molecule has 1 rings (SSSR count). The predicted octanol–water partition coefficient (Wildman–Crippen LogP) is 1.16. The van der Waals surface area contributed by atoms with Crippen molar-refractivity contribution in [2.75, 3.05) is 6.54 Å². The fourth-order valence-electron chi connectivity index (χ4n) is 1.25. The van der Waals surface area contributed by atoms with E-state index in [0.29, 0.717) is 25.1 Å². The summed E-state index contributed by atoms with van der Waals surface area (Å²) in [6.45, 7) is 2.28. The smallest absolute Gasteiger partial charge is 0.216 e. The Morgan fingerprint density at radius 1 is 1.53 bits per heavy atom. The summed E-state index contributed by atoms with van der Waals surface area (Å²) in [5.74, 6) is 5.09. The lowest BCUT2D eigenvalue weighted by Crippen LogP contribution is -2.20. The van der Waals surface area contributed by atoms with Gasteiger partial charge < -0.3 is 11.1 Å². The molecule has 1 aromatic rings. The van der Waals surface area contributed by atoms with E-state index in [-0.39, 0.29) is 11.7 Å². The number of nitrogens with one attached hydrogen (secondary N) is 1. The van der Waals surface area contributed by atoms with E-state index in [0.717, 1.165) is 5.56 Å². The van der Waals surface area contributed by atoms with Crippen LogP contribution in [-0.4, -0.2) is 12.5 Å². The normalized spacial score (nSPS) is 9.35. The standard InChI is InChI=1S/C13H15FN2O/c1-10(17)16-7-3-2-4-12-8-11(9-15)5-6-13(12)14/h5-6,8H,3,7,9,15H2,1H3,(H,16,17). The maximum atomic E-state index is 13.3. The number of carbonyl (C=O) groups is 1. The molecule has 3 N–H and O–H groups in total. The molecule has 0 aliphatic carbocycles. The highest BCUT2D eigenvalue weighted by atomic mass is 19.1. The van der Waals surface area contributed by atoms with Crippen LogP contribution < -0.4 is 11.1 Å². The summed E-state index contributed by atoms with van der Waals surface area (Å²) >= 11 is 0. The Kier molecular flexibility index (Phi) is 5.18. The predicted molar refractivity (Wildman–Crippen MR) is 64.5 cm³/mol. The molecule has 0 radical (unpaired) electrons. The van der Waals surface area contributed by atoms with Crippen LogP contribution in [0.5, 0.6) is 0 Å². The third-order valence-corrected chi connectivity index (χ3v) is 2.11. The van der Waals surface area contributed by atoms with Gasteiger partial charge in [-0.2, -0.15) is 0 Å². The average molecular weight is 234 g/mol. The zero-order valence-corrected chi connectivity index (χ0v) is 9.72. The molecule has 0 heterocycles. The summed E-state index contributed by atoms with van der Waals surface area (Å²) < 4.78 is 13.3. The molecule has 0 bridgehead atoms. The number of hydrogen-bond donors (Lipinski definition) is 2. The van der Waals surface area contributed by atoms with Crippen LogP contribution in [0.2, 0.25) is 0 Å². The minimum Gasteiger partial charge on any atom is -0.355 e. The van der Waals surface area contributed by atoms with E-state index in [9.17, 15) is 9.18 Å². The van der Waals surface area contributed by atoms with Crippen molar-refractivity contribution in [3.63, 3.8) is 0 Å². The van der Waals surface area contributed by atoms with Gasteiger partial charge in [0, 0.05) is 26.4 Å². The van der Waals surface area contributed by atoms with Gasteiger partial charge >= 0.3 is 0 Å². The molecule has 1 aromatic carbocycles. The fraction of sp³-hybridized carbons (Fsp3) is 0.308. The fourth-order valence-corrected chi connectivity index (χ4v) is 1.25. The zero-order valence-electron chi connectivity index (χ0n) is 9.72. The molecule has 0 aliphatic rings. The van der Waals surface area contributed by atoms with Crippen molar-refractivity contribution >= 4 is 5.91 Å². The Hall–Kier alpha value is -1.86. The number of benzene rings is 1. The molecule has 0 saturated carbocycles. The summed E-state index contributed by atoms with van der Waals surface area (Å²) in [6, 6.07) is 4.64. The maximum Gasteiger partial charge on any atom is 0.216 e. The molecule has 90 valence electrons. The quantitative estimate of drug-likeness (QED) is 0.609. The number of hydrogen-bond acceptors (Lipinski definition) is 2. The molecule has 0 spiro atoms. The van der Waals surface area contributed by atoms with E-state index in [4.69, 9.17) is 5.73 Å². The monoisotopic (exact) mass is 234 g/mol. The molecule has 0 aromatic heterocycles. The first-order chi connectivity index (χ1) is 8.13. The third kappa shape index (κ3) is 4.66. The van der Waals surface area contributed by atoms with Crippen molar-refractivity contribution in [3.05, 3.63) is 35.1 Å². The van der Waals surface area contributed by atoms with Gasteiger partial charge in [-0.25, -0.2) is 4.39 Å². The number of nitrogens with two attached hydrogens (primary N) is 1. The van der Waals surface area contributed by atoms with E-state index in [1.165, 1.54) is 13.0 Å². The van der Waals surface area contributed by atoms with Crippen molar-refractivity contribution in [1.82, 2.24) is 5.32 Å². The van der Waals surface area contributed by atoms with Gasteiger partial charge in [0.15, 0.2) is 0 Å². The highest BCUT2D eigenvalue weighted by molar-refractivity contribution is 5.72. The molecule has 0 aliphatic heterocycles. The lowest BCUT2D eigenvalue weighted by molar-refractivity contribution is -0.118. The number of carbonyl (C=O) groups excluding carboxylic acids is 1. The van der Waals surface area contributed by atoms with Gasteiger partial charge in [0.2, 0.25) is 5.91 Å². The first-order valence-electron chi connectivity index (χ1n) is 5.35. The zero-order chi connectivity index (χ0) is 12.7. The van der Waals surface area contributed by atoms with E-state index >= 15 is 0 Å². The molecule has 4 heteroatoms. The van der Waals surface area contributed by atoms with Crippen molar-refractivity contribution in [2.45, 2.75) is 19.9 Å². The van der Waals surface area contributed by atoms with E-state index < -0.39 is 0 Å². The SMILES string of the molecule is CC(=O)NCCC#Cc1cc(CN)ccc1F. The summed E-state index contributed by atoms with van der Waals surface area (Å²) in [7, 11) is 0. The van der Waals surface area contributed by atoms with Crippen LogP contribution >= 0.6 is 0 Å². The second-order valence-electron chi connectivity index (χ2n) is 3.55. The Morgan fingerprint density at radius 2 is 2.29 bits per heavy atom. The van der Waals surface area contributed by atoms with Gasteiger partial charge in [0.1, 0.15) is 5.82 Å². The lowest BCUT2D eigenvalue weighted by atomic mass is 10.1. The van der Waals surface area contributed by atoms with Crippen LogP contribution in [0.25, 0.3) is 0 Å². The van der Waals surface area contributed by atoms with E-state index in [1.807, 2.05) is 0 Å². The topological polar surface area (TPSA) is 55.1 Å². The van der Waals surface area contributed by atoms with Gasteiger partial charge in [0.05, 0.1) is 5.56 Å². The van der Waals surface area contributed by atoms with Crippen LogP contribution in [0.3, 0.4) is 0 Å². The van der Waals surface area contributed by atoms with Crippen molar-refractivity contribution in [2.24, 2.45) is 5.73 Å². The molecule has 1 amide bonds. The first kappa shape index (κ1) is 13.2. The highest BCUT2D eigenvalue weighted by Crippen LogP contribution is 2.08. The molecule has 0 atom stereocenters. The molecule has 0 fully saturated rings. The van der Waals surface area contributed by atoms with Crippen LogP contribution in [0.15, 0.2) is 18.2 Å². The molecule has 0 unspecified atom stereocenters. The molecule has 17 heavy (non-hydrogen) atoms. The molecular weight excluding hydrogens is 219 g/mol. The minimum atomic E-state index is -0.353. The van der Waals surface area contributed by atoms with E-state index in [1.54, 1.807) is 12.1 Å². The van der Waals surface area contributed by atoms with Crippen LogP contribution in [0.1, 0.15) is 24.5 Å². The van der Waals surface area contributed by atoms with Gasteiger partial charge in [-0.3, -0.25) is 4.79 Å². The first-order valence-corrected chi connectivity index (χ1v) is 5.35. The summed E-state index contributed by atoms with van der Waals surface area (Å²) in [5.41, 5.74) is 6.65. The Balaban J connectivity index is 2.61. The Bertz CT molecular complexity index is 460. The Labute approximate surface area is 100 Å². The number of rotatable bonds is 3. The summed E-state index contributed by atoms with van der Waals surface area (Å²) in [5, 5.41) is 2.61. The maximum absolute atomic E-state index is 13.3. The van der Waals surface area contributed by atoms with Gasteiger partial charge in [-0.05, 0) is 17.7 Å². The largest absolute Gasteiger partial charge is 0.355 e. The third-order valence-electron chi connectivity index (χ3n) is 2.11. The van der Waals surface area contributed by atoms with Crippen molar-refractivity contribution in [3.8, 4) is 11.8 Å². The molecule has 3 nitrogen and oxygen atoms in total. The second kappa shape index (κ2) is 6.66. The van der Waals surface area contributed by atoms with Crippen molar-refractivity contribution in [1.29, 1.82) is 0 Å². The average Bonchev–Trinajstić information content (AvgIpc) is 2.30. The Morgan fingerprint density at radius 3 is 2.94 bits per heavy atom. The minimum absolute atomic E-state index is 0.0943. The number of amides is 1. The van der Waals surface area contributed by atoms with Crippen LogP contribution in [0.4, 0.5) is 4.39 Å².